The molecule has 3 aromatic rings. The maximum absolute atomic E-state index is 13.2. The average Bonchev–Trinajstić information content (AvgIpc) is 3.00. The van der Waals surface area contributed by atoms with Gasteiger partial charge in [0.05, 0.1) is 5.69 Å². The van der Waals surface area contributed by atoms with Crippen LogP contribution in [0.25, 0.3) is 11.4 Å². The molecule has 2 aromatic carbocycles. The lowest BCUT2D eigenvalue weighted by atomic mass is 10.00. The third kappa shape index (κ3) is 4.35. The molecule has 1 N–H and O–H groups in total. The molecule has 0 unspecified atom stereocenters. The summed E-state index contributed by atoms with van der Waals surface area (Å²) in [6, 6.07) is 17.1. The molecule has 0 spiro atoms. The van der Waals surface area contributed by atoms with E-state index in [1.54, 1.807) is 0 Å². The first-order valence-electron chi connectivity index (χ1n) is 11.9. The van der Waals surface area contributed by atoms with Gasteiger partial charge in [-0.25, -0.2) is 4.98 Å². The Morgan fingerprint density at radius 1 is 0.969 bits per heavy atom. The highest BCUT2D eigenvalue weighted by Gasteiger charge is 2.24. The number of aryl methyl sites for hydroxylation is 1. The lowest BCUT2D eigenvalue weighted by Crippen LogP contribution is -2.38. The molecular weight excluding hydrogens is 396 g/mol. The van der Waals surface area contributed by atoms with Crippen molar-refractivity contribution in [2.24, 2.45) is 0 Å². The van der Waals surface area contributed by atoms with E-state index in [9.17, 15) is 4.79 Å². The number of hydrogen-bond donors (Lipinski definition) is 1. The maximum Gasteiger partial charge on any atom is 0.271 e. The molecular formula is C27H32N4O. The van der Waals surface area contributed by atoms with Crippen LogP contribution in [0.5, 0.6) is 0 Å². The summed E-state index contributed by atoms with van der Waals surface area (Å²) in [6.07, 6.45) is 5.46. The van der Waals surface area contributed by atoms with Gasteiger partial charge in [0.2, 0.25) is 0 Å². The molecule has 0 radical (unpaired) electrons. The molecule has 0 fully saturated rings. The Morgan fingerprint density at radius 2 is 1.78 bits per heavy atom. The van der Waals surface area contributed by atoms with E-state index in [0.717, 1.165) is 68.9 Å². The molecule has 5 nitrogen and oxygen atoms in total. The van der Waals surface area contributed by atoms with Crippen LogP contribution >= 0.6 is 0 Å². The number of rotatable bonds is 5. The van der Waals surface area contributed by atoms with E-state index in [-0.39, 0.29) is 5.91 Å². The first-order valence-corrected chi connectivity index (χ1v) is 11.9. The van der Waals surface area contributed by atoms with Gasteiger partial charge in [0.15, 0.2) is 0 Å². The minimum absolute atomic E-state index is 0.0357. The largest absolute Gasteiger partial charge is 0.349 e. The number of amides is 1. The SMILES string of the molecule is Cc1ccc(-c2nc(C(=O)NCCN3CCc4ccccc4C3)c3n2CCCCC3)cc1. The van der Waals surface area contributed by atoms with Crippen LogP contribution in [-0.4, -0.2) is 40.0 Å². The van der Waals surface area contributed by atoms with Gasteiger partial charge in [-0.15, -0.1) is 0 Å². The van der Waals surface area contributed by atoms with Crippen LogP contribution in [0.15, 0.2) is 48.5 Å². The van der Waals surface area contributed by atoms with Crippen molar-refractivity contribution in [1.82, 2.24) is 19.8 Å². The Kier molecular flexibility index (Phi) is 6.08. The number of carbonyl (C=O) groups is 1. The lowest BCUT2D eigenvalue weighted by molar-refractivity contribution is 0.0941. The molecule has 1 amide bonds. The fourth-order valence-corrected chi connectivity index (χ4v) is 4.98. The van der Waals surface area contributed by atoms with Crippen molar-refractivity contribution in [1.29, 1.82) is 0 Å². The maximum atomic E-state index is 13.2. The minimum Gasteiger partial charge on any atom is -0.349 e. The van der Waals surface area contributed by atoms with Crippen LogP contribution in [0.4, 0.5) is 0 Å². The number of nitrogens with zero attached hydrogens (tertiary/aromatic N) is 3. The van der Waals surface area contributed by atoms with Crippen molar-refractivity contribution >= 4 is 5.91 Å². The van der Waals surface area contributed by atoms with E-state index >= 15 is 0 Å². The van der Waals surface area contributed by atoms with Crippen molar-refractivity contribution in [3.63, 3.8) is 0 Å². The highest BCUT2D eigenvalue weighted by Crippen LogP contribution is 2.27. The number of hydrogen-bond acceptors (Lipinski definition) is 3. The number of fused-ring (bicyclic) bond motifs is 2. The third-order valence-electron chi connectivity index (χ3n) is 6.82. The van der Waals surface area contributed by atoms with Crippen LogP contribution in [-0.2, 0) is 25.9 Å². The second-order valence-corrected chi connectivity index (χ2v) is 9.11. The summed E-state index contributed by atoms with van der Waals surface area (Å²) in [4.78, 5) is 20.5. The molecule has 0 bridgehead atoms. The predicted octanol–water partition coefficient (Wildman–Crippen LogP) is 4.37. The summed E-state index contributed by atoms with van der Waals surface area (Å²) in [5.41, 5.74) is 6.90. The van der Waals surface area contributed by atoms with Crippen LogP contribution in [0.1, 0.15) is 52.1 Å². The molecule has 166 valence electrons. The highest BCUT2D eigenvalue weighted by molar-refractivity contribution is 5.94. The van der Waals surface area contributed by atoms with E-state index in [1.165, 1.54) is 23.1 Å². The van der Waals surface area contributed by atoms with Crippen molar-refractivity contribution in [3.8, 4) is 11.4 Å². The average molecular weight is 429 g/mol. The molecule has 5 heteroatoms. The topological polar surface area (TPSA) is 50.2 Å². The number of carbonyl (C=O) groups excluding carboxylic acids is 1. The molecule has 0 saturated heterocycles. The zero-order valence-electron chi connectivity index (χ0n) is 18.9. The molecule has 32 heavy (non-hydrogen) atoms. The number of benzene rings is 2. The van der Waals surface area contributed by atoms with Crippen LogP contribution < -0.4 is 5.32 Å². The minimum atomic E-state index is -0.0357. The van der Waals surface area contributed by atoms with Crippen molar-refractivity contribution < 1.29 is 4.79 Å². The van der Waals surface area contributed by atoms with Gasteiger partial charge in [-0.05, 0) is 43.7 Å². The molecule has 3 heterocycles. The van der Waals surface area contributed by atoms with Crippen molar-refractivity contribution in [3.05, 3.63) is 76.6 Å². The first-order chi connectivity index (χ1) is 15.7. The van der Waals surface area contributed by atoms with Gasteiger partial charge in [0.1, 0.15) is 11.5 Å². The van der Waals surface area contributed by atoms with E-state index in [4.69, 9.17) is 4.98 Å². The standard InChI is InChI=1S/C27H32N4O/c1-20-10-12-22(13-11-20)26-29-25(24-9-3-2-6-16-31(24)26)27(32)28-15-18-30-17-14-21-7-4-5-8-23(21)19-30/h4-5,7-8,10-13H,2-3,6,9,14-19H2,1H3,(H,28,32). The fourth-order valence-electron chi connectivity index (χ4n) is 4.98. The van der Waals surface area contributed by atoms with E-state index in [1.807, 2.05) is 0 Å². The zero-order chi connectivity index (χ0) is 21.9. The van der Waals surface area contributed by atoms with Crippen LogP contribution in [0.3, 0.4) is 0 Å². The van der Waals surface area contributed by atoms with Crippen LogP contribution in [0.2, 0.25) is 0 Å². The third-order valence-corrected chi connectivity index (χ3v) is 6.82. The quantitative estimate of drug-likeness (QED) is 0.656. The molecule has 0 atom stereocenters. The number of aromatic nitrogens is 2. The number of nitrogens with one attached hydrogen (secondary N) is 1. The Balaban J connectivity index is 1.29. The summed E-state index contributed by atoms with van der Waals surface area (Å²) >= 11 is 0. The Morgan fingerprint density at radius 3 is 2.62 bits per heavy atom. The van der Waals surface area contributed by atoms with Gasteiger partial charge >= 0.3 is 0 Å². The molecule has 0 aliphatic carbocycles. The van der Waals surface area contributed by atoms with Crippen LogP contribution in [0, 0.1) is 6.92 Å². The summed E-state index contributed by atoms with van der Waals surface area (Å²) in [5.74, 6) is 0.895. The van der Waals surface area contributed by atoms with E-state index in [0.29, 0.717) is 12.2 Å². The first kappa shape index (κ1) is 21.0. The number of imidazole rings is 1. The molecule has 1 aromatic heterocycles. The van der Waals surface area contributed by atoms with Crippen molar-refractivity contribution in [2.75, 3.05) is 19.6 Å². The van der Waals surface area contributed by atoms with E-state index < -0.39 is 0 Å². The Hall–Kier alpha value is -2.92. The van der Waals surface area contributed by atoms with Crippen molar-refractivity contribution in [2.45, 2.75) is 52.1 Å². The van der Waals surface area contributed by atoms with Gasteiger partial charge in [0, 0.05) is 38.3 Å². The monoisotopic (exact) mass is 428 g/mol. The zero-order valence-corrected chi connectivity index (χ0v) is 18.9. The van der Waals surface area contributed by atoms with Gasteiger partial charge in [0.25, 0.3) is 5.91 Å². The highest BCUT2D eigenvalue weighted by atomic mass is 16.1. The predicted molar refractivity (Wildman–Crippen MR) is 128 cm³/mol. The smallest absolute Gasteiger partial charge is 0.271 e. The van der Waals surface area contributed by atoms with Gasteiger partial charge in [-0.1, -0.05) is 60.5 Å². The second kappa shape index (κ2) is 9.29. The summed E-state index contributed by atoms with van der Waals surface area (Å²) in [7, 11) is 0. The van der Waals surface area contributed by atoms with Gasteiger partial charge < -0.3 is 9.88 Å². The van der Waals surface area contributed by atoms with E-state index in [2.05, 4.69) is 70.2 Å². The summed E-state index contributed by atoms with van der Waals surface area (Å²) < 4.78 is 2.29. The molecule has 5 rings (SSSR count). The molecule has 0 saturated carbocycles. The lowest BCUT2D eigenvalue weighted by Gasteiger charge is -2.28. The normalized spacial score (nSPS) is 16.2. The molecule has 2 aliphatic rings. The van der Waals surface area contributed by atoms with Gasteiger partial charge in [-0.2, -0.15) is 0 Å². The summed E-state index contributed by atoms with van der Waals surface area (Å²) in [6.45, 7) is 6.55. The Labute approximate surface area is 190 Å². The summed E-state index contributed by atoms with van der Waals surface area (Å²) in [5, 5.41) is 3.16. The van der Waals surface area contributed by atoms with Gasteiger partial charge in [-0.3, -0.25) is 9.69 Å². The second-order valence-electron chi connectivity index (χ2n) is 9.11. The fraction of sp³-hybridized carbons (Fsp3) is 0.407. The Bertz CT molecular complexity index is 1100. The molecule has 2 aliphatic heterocycles.